The fourth-order valence-electron chi connectivity index (χ4n) is 2.23. The summed E-state index contributed by atoms with van der Waals surface area (Å²) in [6, 6.07) is 16.5. The van der Waals surface area contributed by atoms with Crippen LogP contribution in [0.5, 0.6) is 11.5 Å². The fraction of sp³-hybridized carbons (Fsp3) is 0.0556. The predicted octanol–water partition coefficient (Wildman–Crippen LogP) is 5.19. The molecule has 0 aliphatic carbocycles. The molecule has 6 heteroatoms. The Balaban J connectivity index is 1.88. The number of rotatable bonds is 3. The molecule has 0 heterocycles. The Morgan fingerprint density at radius 2 is 1.67 bits per heavy atom. The van der Waals surface area contributed by atoms with Gasteiger partial charge in [-0.3, -0.25) is 4.99 Å². The lowest BCUT2D eigenvalue weighted by Gasteiger charge is -2.09. The Morgan fingerprint density at radius 3 is 2.42 bits per heavy atom. The Bertz CT molecular complexity index is 904. The molecule has 24 heavy (non-hydrogen) atoms. The molecule has 0 atom stereocenters. The summed E-state index contributed by atoms with van der Waals surface area (Å²) in [6.45, 7) is 0. The summed E-state index contributed by atoms with van der Waals surface area (Å²) in [5.74, 6) is -0.602. The number of hydrogen-bond donors (Lipinski definition) is 1. The Hall–Kier alpha value is -3.02. The zero-order valence-corrected chi connectivity index (χ0v) is 12.3. The van der Waals surface area contributed by atoms with Crippen molar-refractivity contribution < 1.29 is 23.0 Å². The zero-order valence-electron chi connectivity index (χ0n) is 12.3. The first-order chi connectivity index (χ1) is 11.4. The smallest absolute Gasteiger partial charge is 0.507 e. The van der Waals surface area contributed by atoms with E-state index < -0.39 is 12.1 Å². The Labute approximate surface area is 135 Å². The van der Waals surface area contributed by atoms with Crippen molar-refractivity contribution >= 4 is 22.7 Å². The van der Waals surface area contributed by atoms with Gasteiger partial charge in [0.15, 0.2) is 0 Å². The molecule has 0 saturated carbocycles. The molecule has 0 bridgehead atoms. The van der Waals surface area contributed by atoms with Crippen LogP contribution in [-0.4, -0.2) is 17.7 Å². The zero-order chi connectivity index (χ0) is 17.2. The van der Waals surface area contributed by atoms with Gasteiger partial charge in [0.2, 0.25) is 0 Å². The molecule has 0 fully saturated rings. The average molecular weight is 331 g/mol. The highest BCUT2D eigenvalue weighted by Gasteiger charge is 2.31. The molecule has 0 saturated heterocycles. The second kappa shape index (κ2) is 6.23. The number of aromatic hydroxyl groups is 1. The molecule has 3 aromatic rings. The maximum absolute atomic E-state index is 12.3. The lowest BCUT2D eigenvalue weighted by molar-refractivity contribution is -0.274. The van der Waals surface area contributed by atoms with Crippen molar-refractivity contribution in [3.05, 3.63) is 66.2 Å². The third kappa shape index (κ3) is 3.84. The minimum atomic E-state index is -4.79. The van der Waals surface area contributed by atoms with Crippen LogP contribution in [-0.2, 0) is 0 Å². The van der Waals surface area contributed by atoms with Crippen LogP contribution in [0.1, 0.15) is 5.56 Å². The van der Waals surface area contributed by atoms with E-state index in [0.717, 1.165) is 29.0 Å². The second-order valence-corrected chi connectivity index (χ2v) is 5.06. The van der Waals surface area contributed by atoms with Gasteiger partial charge in [-0.15, -0.1) is 13.2 Å². The molecular weight excluding hydrogens is 319 g/mol. The number of phenolic OH excluding ortho intramolecular Hbond substituents is 1. The molecule has 0 unspecified atom stereocenters. The number of benzene rings is 3. The number of nitrogens with zero attached hydrogens (tertiary/aromatic N) is 1. The number of halogens is 3. The van der Waals surface area contributed by atoms with Crippen LogP contribution in [0.3, 0.4) is 0 Å². The van der Waals surface area contributed by atoms with Gasteiger partial charge in [-0.1, -0.05) is 30.3 Å². The molecule has 0 spiro atoms. The van der Waals surface area contributed by atoms with Crippen molar-refractivity contribution in [2.45, 2.75) is 6.36 Å². The SMILES string of the molecule is Oc1ccc(OC(F)(F)F)cc1C=Nc1ccc2ccccc2c1. The third-order valence-electron chi connectivity index (χ3n) is 3.32. The molecule has 0 aromatic heterocycles. The van der Waals surface area contributed by atoms with Gasteiger partial charge in [-0.2, -0.15) is 0 Å². The monoisotopic (exact) mass is 331 g/mol. The van der Waals surface area contributed by atoms with E-state index in [2.05, 4.69) is 9.73 Å². The molecule has 0 radical (unpaired) electrons. The normalized spacial score (nSPS) is 12.0. The molecule has 0 aliphatic rings. The first kappa shape index (κ1) is 15.9. The van der Waals surface area contributed by atoms with Gasteiger partial charge in [0, 0.05) is 11.8 Å². The van der Waals surface area contributed by atoms with Crippen LogP contribution in [0.2, 0.25) is 0 Å². The van der Waals surface area contributed by atoms with Crippen LogP contribution in [0.15, 0.2) is 65.7 Å². The molecule has 0 amide bonds. The number of alkyl halides is 3. The third-order valence-corrected chi connectivity index (χ3v) is 3.32. The summed E-state index contributed by atoms with van der Waals surface area (Å²) >= 11 is 0. The summed E-state index contributed by atoms with van der Waals surface area (Å²) in [5.41, 5.74) is 0.750. The van der Waals surface area contributed by atoms with E-state index in [9.17, 15) is 18.3 Å². The molecule has 3 nitrogen and oxygen atoms in total. The quantitative estimate of drug-likeness (QED) is 0.671. The highest BCUT2D eigenvalue weighted by Crippen LogP contribution is 2.27. The summed E-state index contributed by atoms with van der Waals surface area (Å²) in [6.07, 6.45) is -3.49. The van der Waals surface area contributed by atoms with Crippen LogP contribution >= 0.6 is 0 Å². The predicted molar refractivity (Wildman–Crippen MR) is 86.0 cm³/mol. The van der Waals surface area contributed by atoms with Gasteiger partial charge in [0.25, 0.3) is 0 Å². The van der Waals surface area contributed by atoms with Crippen LogP contribution in [0, 0.1) is 0 Å². The molecule has 3 aromatic carbocycles. The van der Waals surface area contributed by atoms with Crippen molar-refractivity contribution in [1.82, 2.24) is 0 Å². The summed E-state index contributed by atoms with van der Waals surface area (Å²) in [5, 5.41) is 11.8. The number of aliphatic imine (C=N–C) groups is 1. The first-order valence-corrected chi connectivity index (χ1v) is 7.02. The topological polar surface area (TPSA) is 41.8 Å². The number of ether oxygens (including phenoxy) is 1. The molecule has 0 aliphatic heterocycles. The Kier molecular flexibility index (Phi) is 4.12. The van der Waals surface area contributed by atoms with E-state index in [-0.39, 0.29) is 11.3 Å². The summed E-state index contributed by atoms with van der Waals surface area (Å²) in [4.78, 5) is 4.20. The van der Waals surface area contributed by atoms with Gasteiger partial charge < -0.3 is 9.84 Å². The van der Waals surface area contributed by atoms with E-state index in [1.807, 2.05) is 36.4 Å². The van der Waals surface area contributed by atoms with Gasteiger partial charge in [0.05, 0.1) is 5.69 Å². The molecule has 1 N–H and O–H groups in total. The van der Waals surface area contributed by atoms with Crippen LogP contribution < -0.4 is 4.74 Å². The maximum atomic E-state index is 12.3. The summed E-state index contributed by atoms with van der Waals surface area (Å²) < 4.78 is 40.6. The van der Waals surface area contributed by atoms with E-state index in [4.69, 9.17) is 0 Å². The van der Waals surface area contributed by atoms with Crippen LogP contribution in [0.25, 0.3) is 10.8 Å². The van der Waals surface area contributed by atoms with E-state index in [1.54, 1.807) is 6.07 Å². The fourth-order valence-corrected chi connectivity index (χ4v) is 2.23. The minimum Gasteiger partial charge on any atom is -0.507 e. The van der Waals surface area contributed by atoms with Crippen molar-refractivity contribution in [2.75, 3.05) is 0 Å². The number of hydrogen-bond acceptors (Lipinski definition) is 3. The number of phenols is 1. The van der Waals surface area contributed by atoms with Gasteiger partial charge in [-0.05, 0) is 41.1 Å². The standard InChI is InChI=1S/C18H12F3NO2/c19-18(20,21)24-16-7-8-17(23)14(10-16)11-22-15-6-5-12-3-1-2-4-13(12)9-15/h1-11,23H. The largest absolute Gasteiger partial charge is 0.573 e. The van der Waals surface area contributed by atoms with Crippen molar-refractivity contribution in [3.8, 4) is 11.5 Å². The van der Waals surface area contributed by atoms with Crippen LogP contribution in [0.4, 0.5) is 18.9 Å². The van der Waals surface area contributed by atoms with Crippen molar-refractivity contribution in [3.63, 3.8) is 0 Å². The highest BCUT2D eigenvalue weighted by atomic mass is 19.4. The average Bonchev–Trinajstić information content (AvgIpc) is 2.54. The van der Waals surface area contributed by atoms with E-state index in [1.165, 1.54) is 6.21 Å². The van der Waals surface area contributed by atoms with E-state index >= 15 is 0 Å². The maximum Gasteiger partial charge on any atom is 0.573 e. The summed E-state index contributed by atoms with van der Waals surface area (Å²) in [7, 11) is 0. The molecular formula is C18H12F3NO2. The minimum absolute atomic E-state index is 0.130. The Morgan fingerprint density at radius 1 is 0.917 bits per heavy atom. The van der Waals surface area contributed by atoms with Crippen molar-refractivity contribution in [2.24, 2.45) is 4.99 Å². The molecule has 3 rings (SSSR count). The molecule has 122 valence electrons. The van der Waals surface area contributed by atoms with Gasteiger partial charge >= 0.3 is 6.36 Å². The van der Waals surface area contributed by atoms with Crippen molar-refractivity contribution in [1.29, 1.82) is 0 Å². The first-order valence-electron chi connectivity index (χ1n) is 7.02. The van der Waals surface area contributed by atoms with Gasteiger partial charge in [0.1, 0.15) is 11.5 Å². The van der Waals surface area contributed by atoms with Gasteiger partial charge in [-0.25, -0.2) is 0 Å². The second-order valence-electron chi connectivity index (χ2n) is 5.06. The highest BCUT2D eigenvalue weighted by molar-refractivity contribution is 5.89. The number of fused-ring (bicyclic) bond motifs is 1. The lowest BCUT2D eigenvalue weighted by atomic mass is 10.1. The lowest BCUT2D eigenvalue weighted by Crippen LogP contribution is -2.17. The van der Waals surface area contributed by atoms with E-state index in [0.29, 0.717) is 5.69 Å².